The van der Waals surface area contributed by atoms with E-state index in [1.165, 1.54) is 0 Å². The summed E-state index contributed by atoms with van der Waals surface area (Å²) in [5.74, 6) is -0.161. The van der Waals surface area contributed by atoms with E-state index in [4.69, 9.17) is 0 Å². The first-order valence-electron chi connectivity index (χ1n) is 13.0. The van der Waals surface area contributed by atoms with Crippen LogP contribution in [0.15, 0.2) is 84.9 Å². The lowest BCUT2D eigenvalue weighted by Gasteiger charge is -2.41. The Bertz CT molecular complexity index is 1780. The monoisotopic (exact) mass is 501 g/mol. The molecule has 0 N–H and O–H groups in total. The molecule has 1 aromatic heterocycles. The Morgan fingerprint density at radius 2 is 1.03 bits per heavy atom. The normalized spacial score (nSPS) is 18.6. The molecule has 2 atom stereocenters. The van der Waals surface area contributed by atoms with E-state index in [0.29, 0.717) is 22.3 Å². The van der Waals surface area contributed by atoms with E-state index in [1.54, 1.807) is 24.3 Å². The van der Waals surface area contributed by atoms with Crippen LogP contribution in [-0.2, 0) is 0 Å². The molecule has 5 nitrogen and oxygen atoms in total. The van der Waals surface area contributed by atoms with Crippen molar-refractivity contribution in [2.75, 3.05) is 0 Å². The van der Waals surface area contributed by atoms with Crippen molar-refractivity contribution in [3.05, 3.63) is 118 Å². The maximum absolute atomic E-state index is 10.1. The first-order valence-corrected chi connectivity index (χ1v) is 13.0. The van der Waals surface area contributed by atoms with Gasteiger partial charge in [-0.25, -0.2) is 0 Å². The first-order chi connectivity index (χ1) is 19.2. The molecule has 5 aromatic rings. The van der Waals surface area contributed by atoms with Gasteiger partial charge in [0.25, 0.3) is 0 Å². The van der Waals surface area contributed by atoms with Crippen LogP contribution in [0.4, 0.5) is 0 Å². The van der Waals surface area contributed by atoms with Crippen molar-refractivity contribution in [3.8, 4) is 24.3 Å². The largest absolute Gasteiger partial charge is 0.336 e. The Hall–Kier alpha value is -5.36. The highest BCUT2D eigenvalue weighted by Gasteiger charge is 2.40. The molecule has 0 radical (unpaired) electrons. The number of hydrogen-bond acceptors (Lipinski definition) is 4. The van der Waals surface area contributed by atoms with Crippen molar-refractivity contribution < 1.29 is 0 Å². The summed E-state index contributed by atoms with van der Waals surface area (Å²) in [5.41, 5.74) is 6.09. The molecule has 0 aliphatic heterocycles. The number of aromatic nitrogens is 1. The predicted octanol–water partition coefficient (Wildman–Crippen LogP) is 7.57. The fraction of sp³-hybridized carbons (Fsp3) is 0.176. The Morgan fingerprint density at radius 1 is 0.564 bits per heavy atom. The summed E-state index contributed by atoms with van der Waals surface area (Å²) in [6, 6.07) is 36.4. The number of fused-ring (bicyclic) bond motifs is 3. The van der Waals surface area contributed by atoms with Crippen LogP contribution >= 0.6 is 0 Å². The van der Waals surface area contributed by atoms with Crippen LogP contribution in [-0.4, -0.2) is 4.57 Å². The summed E-state index contributed by atoms with van der Waals surface area (Å²) in [7, 11) is 0. The van der Waals surface area contributed by atoms with Gasteiger partial charge in [0.1, 0.15) is 0 Å². The van der Waals surface area contributed by atoms with Gasteiger partial charge in [0.2, 0.25) is 0 Å². The van der Waals surface area contributed by atoms with Gasteiger partial charge in [0.05, 0.1) is 46.5 Å². The van der Waals surface area contributed by atoms with E-state index >= 15 is 0 Å². The average Bonchev–Trinajstić information content (AvgIpc) is 3.34. The second-order valence-corrected chi connectivity index (χ2v) is 10.1. The SMILES string of the molecule is N#Cc1ccc(C#N)c(C2CCCC(c3cc(C#N)ccc3C#N)C2n2c3ccccc3c3ccccc32)c1. The minimum absolute atomic E-state index is 0.0804. The fourth-order valence-corrected chi connectivity index (χ4v) is 6.57. The topological polar surface area (TPSA) is 100 Å². The Morgan fingerprint density at radius 3 is 1.46 bits per heavy atom. The second kappa shape index (κ2) is 9.84. The standard InChI is InChI=1S/C34H23N5/c35-18-22-12-14-24(20-37)30(16-22)28-8-5-9-29(31-17-23(19-36)13-15-25(31)21-38)34(28)39-32-10-3-1-6-26(32)27-7-2-4-11-33(27)39/h1-4,6-7,10-17,28-29,34H,5,8-9H2. The van der Waals surface area contributed by atoms with Crippen LogP contribution in [0.3, 0.4) is 0 Å². The van der Waals surface area contributed by atoms with Gasteiger partial charge in [0.15, 0.2) is 0 Å². The summed E-state index contributed by atoms with van der Waals surface area (Å²) in [4.78, 5) is 0. The number of nitrogens with zero attached hydrogens (tertiary/aromatic N) is 5. The summed E-state index contributed by atoms with van der Waals surface area (Å²) in [6.45, 7) is 0. The van der Waals surface area contributed by atoms with Crippen molar-refractivity contribution >= 4 is 21.8 Å². The van der Waals surface area contributed by atoms with Crippen molar-refractivity contribution in [2.24, 2.45) is 0 Å². The molecule has 5 heteroatoms. The number of rotatable bonds is 3. The van der Waals surface area contributed by atoms with E-state index in [1.807, 2.05) is 36.4 Å². The molecule has 1 aliphatic rings. The maximum Gasteiger partial charge on any atom is 0.0994 e. The third-order valence-electron chi connectivity index (χ3n) is 8.17. The molecule has 1 aliphatic carbocycles. The van der Waals surface area contributed by atoms with Gasteiger partial charge < -0.3 is 4.57 Å². The zero-order chi connectivity index (χ0) is 26.9. The Kier molecular flexibility index (Phi) is 6.05. The van der Waals surface area contributed by atoms with Crippen molar-refractivity contribution in [3.63, 3.8) is 0 Å². The third-order valence-corrected chi connectivity index (χ3v) is 8.17. The fourth-order valence-electron chi connectivity index (χ4n) is 6.57. The van der Waals surface area contributed by atoms with Crippen LogP contribution in [0.1, 0.15) is 70.5 Å². The van der Waals surface area contributed by atoms with E-state index < -0.39 is 0 Å². The summed E-state index contributed by atoms with van der Waals surface area (Å²) in [5, 5.41) is 41.9. The molecule has 4 aromatic carbocycles. The maximum atomic E-state index is 10.1. The molecule has 2 unspecified atom stereocenters. The highest BCUT2D eigenvalue weighted by molar-refractivity contribution is 6.08. The van der Waals surface area contributed by atoms with E-state index in [2.05, 4.69) is 53.1 Å². The third kappa shape index (κ3) is 3.90. The molecule has 6 rings (SSSR count). The van der Waals surface area contributed by atoms with Crippen LogP contribution < -0.4 is 0 Å². The van der Waals surface area contributed by atoms with Gasteiger partial charge >= 0.3 is 0 Å². The molecular formula is C34H23N5. The molecule has 0 bridgehead atoms. The predicted molar refractivity (Wildman–Crippen MR) is 150 cm³/mol. The van der Waals surface area contributed by atoms with Crippen LogP contribution in [0, 0.1) is 45.3 Å². The molecule has 0 saturated heterocycles. The quantitative estimate of drug-likeness (QED) is 0.254. The van der Waals surface area contributed by atoms with E-state index in [-0.39, 0.29) is 17.9 Å². The van der Waals surface area contributed by atoms with E-state index in [0.717, 1.165) is 52.2 Å². The lowest BCUT2D eigenvalue weighted by molar-refractivity contribution is 0.274. The highest BCUT2D eigenvalue weighted by atomic mass is 15.0. The smallest absolute Gasteiger partial charge is 0.0994 e. The summed E-state index contributed by atoms with van der Waals surface area (Å²) in [6.07, 6.45) is 2.57. The number of nitriles is 4. The summed E-state index contributed by atoms with van der Waals surface area (Å²) >= 11 is 0. The molecule has 1 fully saturated rings. The molecule has 0 amide bonds. The van der Waals surface area contributed by atoms with Crippen LogP contribution in [0.5, 0.6) is 0 Å². The van der Waals surface area contributed by atoms with Crippen molar-refractivity contribution in [2.45, 2.75) is 37.1 Å². The molecule has 1 heterocycles. The highest BCUT2D eigenvalue weighted by Crippen LogP contribution is 2.53. The molecule has 184 valence electrons. The first kappa shape index (κ1) is 24.0. The van der Waals surface area contributed by atoms with Gasteiger partial charge in [-0.2, -0.15) is 21.0 Å². The molecule has 0 spiro atoms. The lowest BCUT2D eigenvalue weighted by Crippen LogP contribution is -2.29. The number of hydrogen-bond donors (Lipinski definition) is 0. The Balaban J connectivity index is 1.70. The van der Waals surface area contributed by atoms with Crippen molar-refractivity contribution in [1.29, 1.82) is 21.0 Å². The van der Waals surface area contributed by atoms with Gasteiger partial charge in [-0.15, -0.1) is 0 Å². The molecular weight excluding hydrogens is 478 g/mol. The number of para-hydroxylation sites is 2. The second-order valence-electron chi connectivity index (χ2n) is 10.1. The number of benzene rings is 4. The van der Waals surface area contributed by atoms with Gasteiger partial charge in [-0.3, -0.25) is 0 Å². The van der Waals surface area contributed by atoms with Gasteiger partial charge in [0, 0.05) is 39.7 Å². The Labute approximate surface area is 227 Å². The molecule has 39 heavy (non-hydrogen) atoms. The van der Waals surface area contributed by atoms with Gasteiger partial charge in [-0.05, 0) is 72.5 Å². The van der Waals surface area contributed by atoms with Gasteiger partial charge in [-0.1, -0.05) is 42.8 Å². The zero-order valence-electron chi connectivity index (χ0n) is 21.2. The minimum atomic E-state index is -0.148. The van der Waals surface area contributed by atoms with Crippen LogP contribution in [0.2, 0.25) is 0 Å². The minimum Gasteiger partial charge on any atom is -0.336 e. The molecule has 1 saturated carbocycles. The van der Waals surface area contributed by atoms with Crippen LogP contribution in [0.25, 0.3) is 21.8 Å². The summed E-state index contributed by atoms with van der Waals surface area (Å²) < 4.78 is 2.39. The zero-order valence-corrected chi connectivity index (χ0v) is 21.2. The lowest BCUT2D eigenvalue weighted by atomic mass is 9.69. The van der Waals surface area contributed by atoms with E-state index in [9.17, 15) is 21.0 Å². The average molecular weight is 502 g/mol. The van der Waals surface area contributed by atoms with Crippen molar-refractivity contribution in [1.82, 2.24) is 4.57 Å².